The molecule has 0 fully saturated rings. The molecule has 142 valence electrons. The van der Waals surface area contributed by atoms with Crippen LogP contribution in [0.1, 0.15) is 51.7 Å². The van der Waals surface area contributed by atoms with Crippen LogP contribution in [0.5, 0.6) is 0 Å². The van der Waals surface area contributed by atoms with Crippen LogP contribution in [0.3, 0.4) is 0 Å². The van der Waals surface area contributed by atoms with Gasteiger partial charge in [0.15, 0.2) is 0 Å². The molecule has 0 heterocycles. The van der Waals surface area contributed by atoms with Crippen molar-refractivity contribution in [2.45, 2.75) is 51.7 Å². The molecule has 26 heavy (non-hydrogen) atoms. The molecule has 0 N–H and O–H groups in total. The van der Waals surface area contributed by atoms with Gasteiger partial charge in [-0.1, -0.05) is 61.3 Å². The summed E-state index contributed by atoms with van der Waals surface area (Å²) in [6.07, 6.45) is 1.85. The van der Waals surface area contributed by atoms with Gasteiger partial charge >= 0.3 is 0 Å². The zero-order valence-corrected chi connectivity index (χ0v) is 17.5. The molecule has 2 nitrogen and oxygen atoms in total. The van der Waals surface area contributed by atoms with Gasteiger partial charge in [0.2, 0.25) is 0 Å². The molecular weight excluding hydrogens is 367 g/mol. The normalized spacial score (nSPS) is 16.1. The highest BCUT2D eigenvalue weighted by atomic mass is 35.5. The molecule has 0 amide bonds. The molecule has 2 rings (SSSR count). The summed E-state index contributed by atoms with van der Waals surface area (Å²) in [6.45, 7) is 9.67. The van der Waals surface area contributed by atoms with Crippen molar-refractivity contribution in [3.05, 3.63) is 69.7 Å². The minimum absolute atomic E-state index is 0.637. The van der Waals surface area contributed by atoms with E-state index in [0.717, 1.165) is 24.0 Å². The van der Waals surface area contributed by atoms with Crippen LogP contribution < -0.4 is 0 Å². The number of hydrogen-bond acceptors (Lipinski definition) is 2. The van der Waals surface area contributed by atoms with Crippen molar-refractivity contribution in [3.8, 4) is 0 Å². The predicted molar refractivity (Wildman–Crippen MR) is 110 cm³/mol. The van der Waals surface area contributed by atoms with Crippen molar-refractivity contribution in [1.82, 2.24) is 0 Å². The average Bonchev–Trinajstić information content (AvgIpc) is 2.65. The fourth-order valence-corrected chi connectivity index (χ4v) is 3.39. The molecule has 2 aromatic rings. The Morgan fingerprint density at radius 1 is 0.654 bits per heavy atom. The highest BCUT2D eigenvalue weighted by molar-refractivity contribution is 6.30. The van der Waals surface area contributed by atoms with Crippen molar-refractivity contribution in [1.29, 1.82) is 0 Å². The summed E-state index contributed by atoms with van der Waals surface area (Å²) in [4.78, 5) is 0. The molecule has 0 aliphatic rings. The maximum absolute atomic E-state index is 6.45. The van der Waals surface area contributed by atoms with Crippen LogP contribution in [0.15, 0.2) is 48.5 Å². The molecule has 2 unspecified atom stereocenters. The van der Waals surface area contributed by atoms with Crippen molar-refractivity contribution >= 4 is 23.2 Å². The fourth-order valence-electron chi connectivity index (χ4n) is 3.14. The molecular formula is C22H28Cl2O2. The van der Waals surface area contributed by atoms with Gasteiger partial charge in [0.05, 0.1) is 0 Å². The van der Waals surface area contributed by atoms with Crippen LogP contribution in [0.4, 0.5) is 0 Å². The first-order valence-corrected chi connectivity index (χ1v) is 9.93. The molecule has 2 atom stereocenters. The number of ether oxygens (including phenoxy) is 2. The molecule has 2 aromatic carbocycles. The Morgan fingerprint density at radius 3 is 1.23 bits per heavy atom. The zero-order chi connectivity index (χ0) is 19.2. The lowest BCUT2D eigenvalue weighted by molar-refractivity contribution is -0.207. The van der Waals surface area contributed by atoms with Gasteiger partial charge in [-0.3, -0.25) is 0 Å². The Balaban J connectivity index is 2.60. The van der Waals surface area contributed by atoms with Crippen molar-refractivity contribution in [2.24, 2.45) is 0 Å². The molecule has 0 saturated carbocycles. The van der Waals surface area contributed by atoms with Gasteiger partial charge in [0.25, 0.3) is 0 Å². The number of benzene rings is 2. The van der Waals surface area contributed by atoms with Crippen molar-refractivity contribution in [2.75, 3.05) is 13.2 Å². The van der Waals surface area contributed by atoms with Gasteiger partial charge in [-0.15, -0.1) is 0 Å². The third kappa shape index (κ3) is 4.43. The van der Waals surface area contributed by atoms with Gasteiger partial charge in [0.1, 0.15) is 11.2 Å². The highest BCUT2D eigenvalue weighted by Gasteiger charge is 2.49. The number of halogens is 2. The second-order valence-electron chi connectivity index (χ2n) is 6.78. The van der Waals surface area contributed by atoms with E-state index in [0.29, 0.717) is 23.3 Å². The first kappa shape index (κ1) is 21.2. The highest BCUT2D eigenvalue weighted by Crippen LogP contribution is 2.46. The van der Waals surface area contributed by atoms with Crippen LogP contribution in [0.2, 0.25) is 10.0 Å². The average molecular weight is 395 g/mol. The van der Waals surface area contributed by atoms with Crippen LogP contribution in [0, 0.1) is 0 Å². The summed E-state index contributed by atoms with van der Waals surface area (Å²) in [5.41, 5.74) is 0.695. The van der Waals surface area contributed by atoms with Crippen LogP contribution in [-0.4, -0.2) is 13.2 Å². The lowest BCUT2D eigenvalue weighted by Gasteiger charge is -2.46. The largest absolute Gasteiger partial charge is 0.367 e. The number of rotatable bonds is 9. The first-order chi connectivity index (χ1) is 12.4. The molecule has 0 aromatic heterocycles. The van der Waals surface area contributed by atoms with Crippen molar-refractivity contribution in [3.63, 3.8) is 0 Å². The Bertz CT molecular complexity index is 623. The summed E-state index contributed by atoms with van der Waals surface area (Å²) in [5, 5.41) is 1.41. The van der Waals surface area contributed by atoms with Gasteiger partial charge in [0, 0.05) is 23.3 Å². The zero-order valence-electron chi connectivity index (χ0n) is 16.0. The quantitative estimate of drug-likeness (QED) is 0.456. The topological polar surface area (TPSA) is 18.5 Å². The predicted octanol–water partition coefficient (Wildman–Crippen LogP) is 6.98. The second-order valence-corrected chi connectivity index (χ2v) is 7.65. The monoisotopic (exact) mass is 394 g/mol. The summed E-state index contributed by atoms with van der Waals surface area (Å²) < 4.78 is 12.9. The SMILES string of the molecule is CCCOC(C)(c1ccc(Cl)cc1)C(C)(OCCC)c1ccc(Cl)cc1. The molecule has 0 aliphatic carbocycles. The van der Waals surface area contributed by atoms with E-state index < -0.39 is 11.2 Å². The van der Waals surface area contributed by atoms with E-state index in [1.54, 1.807) is 0 Å². The van der Waals surface area contributed by atoms with Gasteiger partial charge < -0.3 is 9.47 Å². The number of hydrogen-bond donors (Lipinski definition) is 0. The lowest BCUT2D eigenvalue weighted by Crippen LogP contribution is -2.49. The maximum atomic E-state index is 6.45. The second kappa shape index (κ2) is 9.23. The molecule has 0 aliphatic heterocycles. The van der Waals surface area contributed by atoms with Crippen molar-refractivity contribution < 1.29 is 9.47 Å². The standard InChI is InChI=1S/C22H28Cl2O2/c1-5-15-25-21(3,17-7-11-19(23)12-8-17)22(4,26-16-6-2)18-9-13-20(24)14-10-18/h7-14H,5-6,15-16H2,1-4H3. The van der Waals surface area contributed by atoms with Crippen LogP contribution >= 0.6 is 23.2 Å². The smallest absolute Gasteiger partial charge is 0.123 e. The van der Waals surface area contributed by atoms with E-state index in [4.69, 9.17) is 32.7 Å². The summed E-state index contributed by atoms with van der Waals surface area (Å²) >= 11 is 12.2. The first-order valence-electron chi connectivity index (χ1n) is 9.17. The third-order valence-electron chi connectivity index (χ3n) is 4.89. The molecule has 4 heteroatoms. The Kier molecular flexibility index (Phi) is 7.54. The fraction of sp³-hybridized carbons (Fsp3) is 0.455. The van der Waals surface area contributed by atoms with Gasteiger partial charge in [-0.2, -0.15) is 0 Å². The van der Waals surface area contributed by atoms with E-state index >= 15 is 0 Å². The Hall–Kier alpha value is -1.06. The minimum atomic E-state index is -0.684. The van der Waals surface area contributed by atoms with E-state index in [1.807, 2.05) is 48.5 Å². The molecule has 0 saturated heterocycles. The molecule has 0 bridgehead atoms. The van der Waals surface area contributed by atoms with E-state index in [1.165, 1.54) is 0 Å². The third-order valence-corrected chi connectivity index (χ3v) is 5.39. The molecule has 0 spiro atoms. The van der Waals surface area contributed by atoms with E-state index in [-0.39, 0.29) is 0 Å². The maximum Gasteiger partial charge on any atom is 0.123 e. The van der Waals surface area contributed by atoms with Gasteiger partial charge in [-0.05, 0) is 62.1 Å². The van der Waals surface area contributed by atoms with E-state index in [2.05, 4.69) is 27.7 Å². The lowest BCUT2D eigenvalue weighted by atomic mass is 9.75. The summed E-state index contributed by atoms with van der Waals surface area (Å²) in [5.74, 6) is 0. The summed E-state index contributed by atoms with van der Waals surface area (Å²) in [7, 11) is 0. The van der Waals surface area contributed by atoms with Crippen LogP contribution in [0.25, 0.3) is 0 Å². The van der Waals surface area contributed by atoms with Crippen LogP contribution in [-0.2, 0) is 20.7 Å². The van der Waals surface area contributed by atoms with E-state index in [9.17, 15) is 0 Å². The Labute approximate surface area is 167 Å². The Morgan fingerprint density at radius 2 is 0.962 bits per heavy atom. The molecule has 0 radical (unpaired) electrons. The van der Waals surface area contributed by atoms with Gasteiger partial charge in [-0.25, -0.2) is 0 Å². The minimum Gasteiger partial charge on any atom is -0.367 e. The summed E-state index contributed by atoms with van der Waals surface area (Å²) in [6, 6.07) is 15.6.